The number of carboxylic acid groups (broad SMARTS) is 1. The Bertz CT molecular complexity index is 341. The van der Waals surface area contributed by atoms with Crippen molar-refractivity contribution in [3.05, 3.63) is 23.2 Å². The highest BCUT2D eigenvalue weighted by Crippen LogP contribution is 2.31. The van der Waals surface area contributed by atoms with E-state index in [0.29, 0.717) is 10.8 Å². The van der Waals surface area contributed by atoms with E-state index in [1.165, 1.54) is 18.9 Å². The van der Waals surface area contributed by atoms with E-state index in [1.54, 1.807) is 18.2 Å². The molecule has 1 N–H and O–H groups in total. The Labute approximate surface area is 91.0 Å². The second-order valence-electron chi connectivity index (χ2n) is 2.48. The van der Waals surface area contributed by atoms with Crippen LogP contribution >= 0.6 is 23.4 Å². The number of methoxy groups -OCH3 is 1. The van der Waals surface area contributed by atoms with Gasteiger partial charge in [0.05, 0.1) is 17.8 Å². The first kappa shape index (κ1) is 11.2. The quantitative estimate of drug-likeness (QED) is 0.811. The van der Waals surface area contributed by atoms with Gasteiger partial charge in [-0.1, -0.05) is 11.6 Å². The molecule has 0 bridgehead atoms. The largest absolute Gasteiger partial charge is 0.496 e. The minimum Gasteiger partial charge on any atom is -0.496 e. The number of aliphatic carboxylic acids is 1. The molecule has 1 aromatic carbocycles. The molecule has 0 saturated heterocycles. The summed E-state index contributed by atoms with van der Waals surface area (Å²) in [6.07, 6.45) is 0. The molecule has 5 heteroatoms. The molecule has 0 aliphatic rings. The van der Waals surface area contributed by atoms with Crippen LogP contribution in [0.2, 0.25) is 5.02 Å². The van der Waals surface area contributed by atoms with Crippen LogP contribution in [0.4, 0.5) is 0 Å². The number of ether oxygens (including phenoxy) is 1. The Morgan fingerprint density at radius 3 is 2.93 bits per heavy atom. The zero-order valence-electron chi connectivity index (χ0n) is 7.49. The van der Waals surface area contributed by atoms with Gasteiger partial charge in [-0.15, -0.1) is 11.8 Å². The van der Waals surface area contributed by atoms with Gasteiger partial charge < -0.3 is 9.84 Å². The summed E-state index contributed by atoms with van der Waals surface area (Å²) in [5, 5.41) is 9.08. The summed E-state index contributed by atoms with van der Waals surface area (Å²) in [6, 6.07) is 5.10. The van der Waals surface area contributed by atoms with Crippen LogP contribution in [-0.4, -0.2) is 23.9 Å². The lowest BCUT2D eigenvalue weighted by molar-refractivity contribution is -0.133. The van der Waals surface area contributed by atoms with Crippen LogP contribution in [-0.2, 0) is 4.79 Å². The van der Waals surface area contributed by atoms with Gasteiger partial charge in [-0.3, -0.25) is 4.79 Å². The minimum atomic E-state index is -0.864. The van der Waals surface area contributed by atoms with Crippen molar-refractivity contribution < 1.29 is 14.6 Å². The third-order valence-corrected chi connectivity index (χ3v) is 2.73. The molecule has 3 nitrogen and oxygen atoms in total. The number of carboxylic acids is 1. The second-order valence-corrected chi connectivity index (χ2v) is 3.93. The Morgan fingerprint density at radius 2 is 2.36 bits per heavy atom. The van der Waals surface area contributed by atoms with Crippen molar-refractivity contribution in [2.24, 2.45) is 0 Å². The molecule has 14 heavy (non-hydrogen) atoms. The lowest BCUT2D eigenvalue weighted by Gasteiger charge is -2.06. The zero-order chi connectivity index (χ0) is 10.6. The highest BCUT2D eigenvalue weighted by molar-refractivity contribution is 8.00. The lowest BCUT2D eigenvalue weighted by Crippen LogP contribution is -1.98. The van der Waals surface area contributed by atoms with Crippen LogP contribution in [0, 0.1) is 0 Å². The van der Waals surface area contributed by atoms with Crippen LogP contribution in [0.25, 0.3) is 0 Å². The van der Waals surface area contributed by atoms with Crippen LogP contribution < -0.4 is 4.74 Å². The number of thioether (sulfide) groups is 1. The molecule has 0 fully saturated rings. The van der Waals surface area contributed by atoms with Gasteiger partial charge >= 0.3 is 5.97 Å². The third-order valence-electron chi connectivity index (χ3n) is 1.48. The molecular weight excluding hydrogens is 224 g/mol. The molecule has 1 aromatic rings. The average Bonchev–Trinajstić information content (AvgIpc) is 2.15. The van der Waals surface area contributed by atoms with E-state index in [4.69, 9.17) is 21.4 Å². The Kier molecular flexibility index (Phi) is 4.10. The smallest absolute Gasteiger partial charge is 0.313 e. The molecule has 0 heterocycles. The minimum absolute atomic E-state index is 0.00327. The predicted molar refractivity (Wildman–Crippen MR) is 56.4 cm³/mol. The summed E-state index contributed by atoms with van der Waals surface area (Å²) in [5.74, 6) is -0.228. The van der Waals surface area contributed by atoms with Crippen molar-refractivity contribution in [1.29, 1.82) is 0 Å². The number of benzene rings is 1. The molecule has 76 valence electrons. The van der Waals surface area contributed by atoms with Crippen molar-refractivity contribution in [2.75, 3.05) is 12.9 Å². The SMILES string of the molecule is COc1ccc(Cl)cc1SCC(=O)O. The molecule has 1 rings (SSSR count). The molecule has 0 aromatic heterocycles. The highest BCUT2D eigenvalue weighted by Gasteiger charge is 2.06. The topological polar surface area (TPSA) is 46.5 Å². The fourth-order valence-electron chi connectivity index (χ4n) is 0.903. The first-order valence-corrected chi connectivity index (χ1v) is 5.18. The Morgan fingerprint density at radius 1 is 1.64 bits per heavy atom. The Balaban J connectivity index is 2.82. The van der Waals surface area contributed by atoms with Gasteiger partial charge in [0.1, 0.15) is 5.75 Å². The maximum Gasteiger partial charge on any atom is 0.313 e. The third kappa shape index (κ3) is 3.12. The van der Waals surface area contributed by atoms with Crippen LogP contribution in [0.3, 0.4) is 0 Å². The van der Waals surface area contributed by atoms with E-state index in [-0.39, 0.29) is 5.75 Å². The van der Waals surface area contributed by atoms with Gasteiger partial charge in [0, 0.05) is 5.02 Å². The van der Waals surface area contributed by atoms with Gasteiger partial charge in [-0.05, 0) is 18.2 Å². The van der Waals surface area contributed by atoms with E-state index in [9.17, 15) is 4.79 Å². The molecule has 0 atom stereocenters. The van der Waals surface area contributed by atoms with E-state index < -0.39 is 5.97 Å². The normalized spacial score (nSPS) is 9.86. The Hall–Kier alpha value is -0.870. The summed E-state index contributed by atoms with van der Waals surface area (Å²) in [4.78, 5) is 11.1. The molecule has 0 aliphatic heterocycles. The van der Waals surface area contributed by atoms with E-state index in [1.807, 2.05) is 0 Å². The molecule has 0 saturated carbocycles. The summed E-state index contributed by atoms with van der Waals surface area (Å²) < 4.78 is 5.06. The van der Waals surface area contributed by atoms with Gasteiger partial charge in [0.25, 0.3) is 0 Å². The number of hydrogen-bond acceptors (Lipinski definition) is 3. The van der Waals surface area contributed by atoms with Crippen molar-refractivity contribution >= 4 is 29.3 Å². The van der Waals surface area contributed by atoms with Crippen molar-refractivity contribution in [2.45, 2.75) is 4.90 Å². The first-order chi connectivity index (χ1) is 6.63. The molecule has 0 spiro atoms. The summed E-state index contributed by atoms with van der Waals surface area (Å²) in [7, 11) is 1.54. The summed E-state index contributed by atoms with van der Waals surface area (Å²) >= 11 is 6.96. The monoisotopic (exact) mass is 232 g/mol. The average molecular weight is 233 g/mol. The van der Waals surface area contributed by atoms with E-state index in [2.05, 4.69) is 0 Å². The van der Waals surface area contributed by atoms with Gasteiger partial charge in [0.15, 0.2) is 0 Å². The van der Waals surface area contributed by atoms with Crippen molar-refractivity contribution in [3.8, 4) is 5.75 Å². The maximum atomic E-state index is 10.4. The fourth-order valence-corrected chi connectivity index (χ4v) is 1.92. The molecule has 0 unspecified atom stereocenters. The van der Waals surface area contributed by atoms with Crippen molar-refractivity contribution in [1.82, 2.24) is 0 Å². The van der Waals surface area contributed by atoms with E-state index in [0.717, 1.165) is 4.90 Å². The first-order valence-electron chi connectivity index (χ1n) is 3.81. The molecule has 0 radical (unpaired) electrons. The summed E-state index contributed by atoms with van der Waals surface area (Å²) in [6.45, 7) is 0. The van der Waals surface area contributed by atoms with E-state index >= 15 is 0 Å². The number of halogens is 1. The zero-order valence-corrected chi connectivity index (χ0v) is 9.06. The van der Waals surface area contributed by atoms with Crippen LogP contribution in [0.5, 0.6) is 5.75 Å². The number of hydrogen-bond donors (Lipinski definition) is 1. The standard InChI is InChI=1S/C9H9ClO3S/c1-13-7-3-2-6(10)4-8(7)14-5-9(11)12/h2-4H,5H2,1H3,(H,11,12). The molecular formula is C9H9ClO3S. The summed E-state index contributed by atoms with van der Waals surface area (Å²) in [5.41, 5.74) is 0. The van der Waals surface area contributed by atoms with Crippen molar-refractivity contribution in [3.63, 3.8) is 0 Å². The lowest BCUT2D eigenvalue weighted by atomic mass is 10.3. The van der Waals surface area contributed by atoms with Gasteiger partial charge in [-0.2, -0.15) is 0 Å². The highest BCUT2D eigenvalue weighted by atomic mass is 35.5. The van der Waals surface area contributed by atoms with Crippen LogP contribution in [0.15, 0.2) is 23.1 Å². The molecule has 0 aliphatic carbocycles. The maximum absolute atomic E-state index is 10.4. The fraction of sp³-hybridized carbons (Fsp3) is 0.222. The molecule has 0 amide bonds. The van der Waals surface area contributed by atoms with Crippen LogP contribution in [0.1, 0.15) is 0 Å². The van der Waals surface area contributed by atoms with Gasteiger partial charge in [-0.25, -0.2) is 0 Å². The van der Waals surface area contributed by atoms with Gasteiger partial charge in [0.2, 0.25) is 0 Å². The number of carbonyl (C=O) groups is 1. The number of rotatable bonds is 4. The second kappa shape index (κ2) is 5.12. The predicted octanol–water partition coefficient (Wildman–Crippen LogP) is 2.53.